The molecule has 0 aliphatic carbocycles. The van der Waals surface area contributed by atoms with E-state index in [0.717, 1.165) is 6.54 Å². The number of thiophene rings is 1. The number of nitrogens with one attached hydrogen (secondary N) is 1. The average molecular weight is 367 g/mol. The topological polar surface area (TPSA) is 74.5 Å². The summed E-state index contributed by atoms with van der Waals surface area (Å²) in [5.74, 6) is 0.894. The number of alkyl halides is 1. The lowest BCUT2D eigenvalue weighted by Crippen LogP contribution is -2.44. The molecule has 0 unspecified atom stereocenters. The van der Waals surface area contributed by atoms with Crippen LogP contribution >= 0.6 is 11.3 Å². The van der Waals surface area contributed by atoms with Crippen LogP contribution in [0.3, 0.4) is 0 Å². The minimum atomic E-state index is -0.845. The first-order chi connectivity index (χ1) is 12.0. The number of carbonyl (C=O) groups excluding carboxylic acids is 1. The number of rotatable bonds is 6. The number of aryl methyl sites for hydroxylation is 1. The molecule has 0 bridgehead atoms. The van der Waals surface area contributed by atoms with Gasteiger partial charge >= 0.3 is 6.03 Å². The summed E-state index contributed by atoms with van der Waals surface area (Å²) in [5, 5.41) is 8.44. The predicted molar refractivity (Wildman–Crippen MR) is 91.9 cm³/mol. The van der Waals surface area contributed by atoms with E-state index in [-0.39, 0.29) is 18.6 Å². The largest absolute Gasteiger partial charge is 0.337 e. The quantitative estimate of drug-likeness (QED) is 0.847. The minimum Gasteiger partial charge on any atom is -0.337 e. The molecule has 3 rings (SSSR count). The number of aromatic nitrogens is 2. The molecule has 2 aromatic heterocycles. The highest BCUT2D eigenvalue weighted by Crippen LogP contribution is 2.24. The van der Waals surface area contributed by atoms with Gasteiger partial charge in [0, 0.05) is 37.6 Å². The van der Waals surface area contributed by atoms with Crippen molar-refractivity contribution in [2.24, 2.45) is 0 Å². The zero-order valence-corrected chi connectivity index (χ0v) is 15.1. The number of halogens is 1. The Morgan fingerprint density at radius 2 is 2.44 bits per heavy atom. The summed E-state index contributed by atoms with van der Waals surface area (Å²) in [6.07, 6.45) is -0.394. The van der Waals surface area contributed by atoms with Crippen LogP contribution in [0.4, 0.5) is 9.18 Å². The van der Waals surface area contributed by atoms with Gasteiger partial charge in [-0.05, 0) is 24.8 Å². The summed E-state index contributed by atoms with van der Waals surface area (Å²) in [5.41, 5.74) is 0. The van der Waals surface area contributed by atoms with Crippen molar-refractivity contribution in [1.82, 2.24) is 25.3 Å². The Hall–Kier alpha value is -2.00. The van der Waals surface area contributed by atoms with Crippen LogP contribution in [-0.2, 0) is 13.1 Å². The number of likely N-dealkylation sites (N-methyl/N-ethyl adjacent to an activating group) is 1. The lowest BCUT2D eigenvalue weighted by Gasteiger charge is -2.28. The molecule has 0 saturated carbocycles. The van der Waals surface area contributed by atoms with Crippen LogP contribution in [-0.4, -0.2) is 58.3 Å². The lowest BCUT2D eigenvalue weighted by molar-refractivity contribution is 0.174. The molecule has 9 heteroatoms. The van der Waals surface area contributed by atoms with Crippen molar-refractivity contribution in [3.05, 3.63) is 34.1 Å². The Morgan fingerprint density at radius 1 is 1.60 bits per heavy atom. The standard InChI is InChI=1S/C16H22FN5O2S/c1-11-19-15(24-20-11)7-18-16(23)21(2)9-13-6-12(17)8-22(13)10-14-4-3-5-25-14/h3-5,12-13H,6-10H2,1-2H3,(H,18,23)/t12-,13-/m0/s1. The zero-order valence-electron chi connectivity index (χ0n) is 14.3. The van der Waals surface area contributed by atoms with Crippen molar-refractivity contribution in [2.45, 2.75) is 38.6 Å². The van der Waals surface area contributed by atoms with E-state index in [1.54, 1.807) is 30.2 Å². The van der Waals surface area contributed by atoms with Gasteiger partial charge in [-0.3, -0.25) is 4.90 Å². The third-order valence-electron chi connectivity index (χ3n) is 4.21. The van der Waals surface area contributed by atoms with Gasteiger partial charge in [0.1, 0.15) is 6.17 Å². The summed E-state index contributed by atoms with van der Waals surface area (Å²) in [4.78, 5) is 21.2. The lowest BCUT2D eigenvalue weighted by atomic mass is 10.2. The van der Waals surface area contributed by atoms with Crippen LogP contribution in [0.15, 0.2) is 22.0 Å². The van der Waals surface area contributed by atoms with Gasteiger partial charge in [-0.1, -0.05) is 11.2 Å². The summed E-state index contributed by atoms with van der Waals surface area (Å²) >= 11 is 1.67. The summed E-state index contributed by atoms with van der Waals surface area (Å²) in [7, 11) is 1.71. The summed E-state index contributed by atoms with van der Waals surface area (Å²) < 4.78 is 18.9. The van der Waals surface area contributed by atoms with Gasteiger partial charge in [-0.2, -0.15) is 4.98 Å². The van der Waals surface area contributed by atoms with E-state index in [0.29, 0.717) is 31.2 Å². The molecule has 1 aliphatic heterocycles. The third kappa shape index (κ3) is 4.76. The second kappa shape index (κ2) is 7.92. The molecule has 1 N–H and O–H groups in total. The summed E-state index contributed by atoms with van der Waals surface area (Å²) in [6, 6.07) is 3.82. The predicted octanol–water partition coefficient (Wildman–Crippen LogP) is 2.19. The van der Waals surface area contributed by atoms with E-state index in [1.807, 2.05) is 11.4 Å². The van der Waals surface area contributed by atoms with Crippen LogP contribution < -0.4 is 5.32 Å². The second-order valence-corrected chi connectivity index (χ2v) is 7.30. The second-order valence-electron chi connectivity index (χ2n) is 6.27. The molecule has 0 radical (unpaired) electrons. The van der Waals surface area contributed by atoms with Crippen molar-refractivity contribution in [1.29, 1.82) is 0 Å². The van der Waals surface area contributed by atoms with Gasteiger partial charge < -0.3 is 14.7 Å². The number of hydrogen-bond donors (Lipinski definition) is 1. The Balaban J connectivity index is 1.51. The van der Waals surface area contributed by atoms with Crippen molar-refractivity contribution in [3.63, 3.8) is 0 Å². The maximum Gasteiger partial charge on any atom is 0.317 e. The molecule has 2 aromatic rings. The fourth-order valence-electron chi connectivity index (χ4n) is 3.01. The molecule has 2 amide bonds. The van der Waals surface area contributed by atoms with Crippen molar-refractivity contribution in [3.8, 4) is 0 Å². The van der Waals surface area contributed by atoms with Crippen LogP contribution in [0.1, 0.15) is 23.0 Å². The first kappa shape index (κ1) is 17.8. The van der Waals surface area contributed by atoms with E-state index in [9.17, 15) is 9.18 Å². The molecule has 1 aliphatic rings. The van der Waals surface area contributed by atoms with Gasteiger partial charge in [0.05, 0.1) is 6.54 Å². The van der Waals surface area contributed by atoms with Crippen LogP contribution in [0.5, 0.6) is 0 Å². The first-order valence-electron chi connectivity index (χ1n) is 8.20. The van der Waals surface area contributed by atoms with Gasteiger partial charge in [0.25, 0.3) is 0 Å². The first-order valence-corrected chi connectivity index (χ1v) is 9.08. The molecule has 7 nitrogen and oxygen atoms in total. The number of amides is 2. The molecule has 136 valence electrons. The number of likely N-dealkylation sites (tertiary alicyclic amines) is 1. The van der Waals surface area contributed by atoms with Gasteiger partial charge in [0.15, 0.2) is 5.82 Å². The Kier molecular flexibility index (Phi) is 5.64. The Labute approximate surface area is 149 Å². The van der Waals surface area contributed by atoms with Crippen LogP contribution in [0, 0.1) is 6.92 Å². The van der Waals surface area contributed by atoms with E-state index >= 15 is 0 Å². The average Bonchev–Trinajstić information content (AvgIpc) is 3.29. The minimum absolute atomic E-state index is 0.0125. The molecule has 0 aromatic carbocycles. The molecule has 2 atom stereocenters. The monoisotopic (exact) mass is 367 g/mol. The third-order valence-corrected chi connectivity index (χ3v) is 5.07. The van der Waals surface area contributed by atoms with E-state index < -0.39 is 6.17 Å². The van der Waals surface area contributed by atoms with Gasteiger partial charge in [-0.25, -0.2) is 9.18 Å². The molecule has 0 spiro atoms. The van der Waals surface area contributed by atoms with Crippen LogP contribution in [0.25, 0.3) is 0 Å². The Bertz CT molecular complexity index is 693. The number of hydrogen-bond acceptors (Lipinski definition) is 6. The molecule has 1 fully saturated rings. The number of nitrogens with zero attached hydrogens (tertiary/aromatic N) is 4. The molecular formula is C16H22FN5O2S. The van der Waals surface area contributed by atoms with Crippen molar-refractivity contribution < 1.29 is 13.7 Å². The SMILES string of the molecule is Cc1noc(CNC(=O)N(C)C[C@@H]2C[C@H](F)CN2Cc2cccs2)n1. The Morgan fingerprint density at radius 3 is 3.12 bits per heavy atom. The van der Waals surface area contributed by atoms with Gasteiger partial charge in [-0.15, -0.1) is 11.3 Å². The van der Waals surface area contributed by atoms with Crippen LogP contribution in [0.2, 0.25) is 0 Å². The number of carbonyl (C=O) groups is 1. The van der Waals surface area contributed by atoms with E-state index in [2.05, 4.69) is 26.4 Å². The molecule has 25 heavy (non-hydrogen) atoms. The van der Waals surface area contributed by atoms with Crippen molar-refractivity contribution >= 4 is 17.4 Å². The highest BCUT2D eigenvalue weighted by atomic mass is 32.1. The fraction of sp³-hybridized carbons (Fsp3) is 0.562. The summed E-state index contributed by atoms with van der Waals surface area (Å²) in [6.45, 7) is 3.51. The maximum atomic E-state index is 13.9. The molecule has 1 saturated heterocycles. The smallest absolute Gasteiger partial charge is 0.317 e. The fourth-order valence-corrected chi connectivity index (χ4v) is 3.74. The zero-order chi connectivity index (χ0) is 17.8. The van der Waals surface area contributed by atoms with E-state index in [4.69, 9.17) is 4.52 Å². The van der Waals surface area contributed by atoms with Gasteiger partial charge in [0.2, 0.25) is 5.89 Å². The van der Waals surface area contributed by atoms with E-state index in [1.165, 1.54) is 4.88 Å². The highest BCUT2D eigenvalue weighted by molar-refractivity contribution is 7.09. The van der Waals surface area contributed by atoms with Crippen molar-refractivity contribution in [2.75, 3.05) is 20.1 Å². The number of urea groups is 1. The maximum absolute atomic E-state index is 13.9. The molecular weight excluding hydrogens is 345 g/mol. The molecule has 3 heterocycles. The normalized spacial score (nSPS) is 20.8. The highest BCUT2D eigenvalue weighted by Gasteiger charge is 2.33.